The Kier molecular flexibility index (Phi) is 12.5. The maximum atomic E-state index is 14.1. The Morgan fingerprint density at radius 1 is 1.10 bits per heavy atom. The van der Waals surface area contributed by atoms with Crippen LogP contribution >= 0.6 is 0 Å². The van der Waals surface area contributed by atoms with Gasteiger partial charge in [-0.05, 0) is 99.2 Å². The summed E-state index contributed by atoms with van der Waals surface area (Å²) in [5, 5.41) is 37.1. The van der Waals surface area contributed by atoms with Crippen molar-refractivity contribution < 1.29 is 53.4 Å². The van der Waals surface area contributed by atoms with E-state index in [-0.39, 0.29) is 91.3 Å². The van der Waals surface area contributed by atoms with E-state index >= 15 is 0 Å². The fraction of sp³-hybridized carbons (Fsp3) is 0.560. The average Bonchev–Trinajstić information content (AvgIpc) is 3.96. The molecular formula is C50H60N2O11. The lowest BCUT2D eigenvalue weighted by atomic mass is 9.63. The predicted molar refractivity (Wildman–Crippen MR) is 233 cm³/mol. The Morgan fingerprint density at radius 2 is 1.95 bits per heavy atom. The monoisotopic (exact) mass is 864 g/mol. The van der Waals surface area contributed by atoms with Crippen molar-refractivity contribution in [2.45, 2.75) is 108 Å². The number of benzene rings is 2. The van der Waals surface area contributed by atoms with Gasteiger partial charge in [0.15, 0.2) is 6.29 Å². The summed E-state index contributed by atoms with van der Waals surface area (Å²) in [6, 6.07) is 4.37. The van der Waals surface area contributed by atoms with Crippen molar-refractivity contribution in [1.29, 1.82) is 0 Å². The minimum atomic E-state index is -1.28. The largest absolute Gasteiger partial charge is 0.492 e. The fourth-order valence-corrected chi connectivity index (χ4v) is 11.8. The first-order valence-corrected chi connectivity index (χ1v) is 23.0. The predicted octanol–water partition coefficient (Wildman–Crippen LogP) is 3.97. The number of esters is 1. The number of carbonyl (C=O) groups excluding carboxylic acids is 3. The van der Waals surface area contributed by atoms with Gasteiger partial charge in [-0.15, -0.1) is 0 Å². The number of aryl methyl sites for hydroxylation is 1. The molecule has 7 aliphatic rings. The number of piperidine rings is 1. The molecule has 336 valence electrons. The smallest absolute Gasteiger partial charge is 0.375 e. The third-order valence-electron chi connectivity index (χ3n) is 14.9. The number of Topliss-reactive ketones (excluding diaryl/α,β-unsaturated/α-hetero) is 1. The SMILES string of the molecule is CCOC(=O)C1=C(C=O)C2=C3CCC(=O)[C@H](C3)c3cc4c(cc3CC[C@H](CO)COc3c5c(c(CO)c(c32)O1)O[C@H]([C@@]1(O)CC=C[C@@H]2[C@@H](CC)N(CCCOC)CC[C@@H]21)C5)=NCC=4. The standard InChI is InChI=1S/C50H60N2O11/c1-4-40-32-8-6-15-50(58,38(32)14-18-52(40)17-7-19-59-3)42-23-35-45(62-42)37(26-55)47-44-43(36(25-54)48(63-47)49(57)60-5-2)31-11-12-41(56)34(21-31)33-20-30-13-16-51-39(30)22-29(33)10-9-28(24-53)27-61-46(35)44/h6,8,13,20,22,25,28,32,34,38,40,42,53,55,58H,4-5,7,9-12,14-19,21,23-24,26-27H2,1-3H3/t28-,32+,34-,38+,40-,42+,50-/m1/s1. The van der Waals surface area contributed by atoms with E-state index in [0.29, 0.717) is 73.3 Å². The van der Waals surface area contributed by atoms with Crippen molar-refractivity contribution in [2.24, 2.45) is 22.7 Å². The topological polar surface area (TPSA) is 174 Å². The number of fused-ring (bicyclic) bond motifs is 8. The number of methoxy groups -OCH3 is 1. The van der Waals surface area contributed by atoms with Crippen LogP contribution < -0.4 is 24.8 Å². The summed E-state index contributed by atoms with van der Waals surface area (Å²) in [6.07, 6.45) is 11.4. The molecule has 13 nitrogen and oxygen atoms in total. The number of ether oxygens (including phenoxy) is 5. The van der Waals surface area contributed by atoms with E-state index in [1.54, 1.807) is 14.0 Å². The van der Waals surface area contributed by atoms with E-state index < -0.39 is 30.2 Å². The minimum Gasteiger partial charge on any atom is -0.492 e. The van der Waals surface area contributed by atoms with Gasteiger partial charge in [-0.3, -0.25) is 19.5 Å². The average molecular weight is 865 g/mol. The van der Waals surface area contributed by atoms with Gasteiger partial charge >= 0.3 is 5.97 Å². The van der Waals surface area contributed by atoms with E-state index in [4.69, 9.17) is 23.7 Å². The summed E-state index contributed by atoms with van der Waals surface area (Å²) < 4.78 is 31.2. The zero-order chi connectivity index (χ0) is 44.0. The molecule has 7 atom stereocenters. The molecule has 0 amide bonds. The molecule has 13 heteroatoms. The molecule has 63 heavy (non-hydrogen) atoms. The number of nitrogens with zero attached hydrogens (tertiary/aromatic N) is 2. The molecule has 2 fully saturated rings. The maximum Gasteiger partial charge on any atom is 0.375 e. The summed E-state index contributed by atoms with van der Waals surface area (Å²) >= 11 is 0. The van der Waals surface area contributed by atoms with Crippen LogP contribution in [0.2, 0.25) is 0 Å². The molecule has 9 rings (SSSR count). The minimum absolute atomic E-state index is 0.0231. The molecule has 2 aliphatic carbocycles. The third kappa shape index (κ3) is 7.57. The van der Waals surface area contributed by atoms with E-state index in [1.165, 1.54) is 0 Å². The van der Waals surface area contributed by atoms with Crippen LogP contribution in [-0.4, -0.2) is 109 Å². The Bertz CT molecular complexity index is 2400. The number of carbonyl (C=O) groups is 3. The van der Waals surface area contributed by atoms with Crippen LogP contribution in [0.5, 0.6) is 17.2 Å². The van der Waals surface area contributed by atoms with Gasteiger partial charge in [-0.1, -0.05) is 30.7 Å². The molecular weight excluding hydrogens is 805 g/mol. The van der Waals surface area contributed by atoms with E-state index in [9.17, 15) is 29.7 Å². The Hall–Kier alpha value is -4.66. The van der Waals surface area contributed by atoms with Gasteiger partial charge in [0.25, 0.3) is 0 Å². The molecule has 2 aromatic rings. The number of aliphatic hydroxyl groups excluding tert-OH is 2. The number of hydrogen-bond acceptors (Lipinski definition) is 13. The Labute approximate surface area is 368 Å². The quantitative estimate of drug-likeness (QED) is 0.129. The second-order valence-corrected chi connectivity index (χ2v) is 18.2. The number of allylic oxidation sites excluding steroid dienone is 3. The van der Waals surface area contributed by atoms with Crippen molar-refractivity contribution in [1.82, 2.24) is 4.90 Å². The van der Waals surface area contributed by atoms with Crippen LogP contribution in [0.4, 0.5) is 0 Å². The molecule has 0 unspecified atom stereocenters. The lowest BCUT2D eigenvalue weighted by Gasteiger charge is -2.53. The lowest BCUT2D eigenvalue weighted by Crippen LogP contribution is -2.61. The number of rotatable bonds is 11. The van der Waals surface area contributed by atoms with Crippen LogP contribution in [0, 0.1) is 17.8 Å². The van der Waals surface area contributed by atoms with Crippen LogP contribution in [-0.2, 0) is 43.3 Å². The number of likely N-dealkylation sites (tertiary alicyclic amines) is 1. The van der Waals surface area contributed by atoms with Crippen LogP contribution in [0.3, 0.4) is 0 Å². The summed E-state index contributed by atoms with van der Waals surface area (Å²) in [7, 11) is 1.72. The summed E-state index contributed by atoms with van der Waals surface area (Å²) in [5.41, 5.74) is 3.04. The van der Waals surface area contributed by atoms with Gasteiger partial charge in [0.2, 0.25) is 5.76 Å². The number of ketones is 1. The summed E-state index contributed by atoms with van der Waals surface area (Å²) in [5.74, 6) is -1.22. The van der Waals surface area contributed by atoms with Gasteiger partial charge in [0.1, 0.15) is 34.7 Å². The van der Waals surface area contributed by atoms with Crippen LogP contribution in [0.25, 0.3) is 11.6 Å². The van der Waals surface area contributed by atoms with Crippen LogP contribution in [0.15, 0.2) is 46.2 Å². The second-order valence-electron chi connectivity index (χ2n) is 18.2. The first-order valence-electron chi connectivity index (χ1n) is 23.0. The molecule has 0 aromatic heterocycles. The fourth-order valence-electron chi connectivity index (χ4n) is 11.8. The zero-order valence-corrected chi connectivity index (χ0v) is 36.7. The molecule has 5 heterocycles. The van der Waals surface area contributed by atoms with Gasteiger partial charge in [0.05, 0.1) is 48.4 Å². The van der Waals surface area contributed by atoms with E-state index in [2.05, 4.69) is 47.2 Å². The molecule has 1 saturated carbocycles. The van der Waals surface area contributed by atoms with E-state index in [0.717, 1.165) is 59.6 Å². The summed E-state index contributed by atoms with van der Waals surface area (Å²) in [6.45, 7) is 6.24. The van der Waals surface area contributed by atoms with Crippen molar-refractivity contribution in [3.8, 4) is 17.2 Å². The highest BCUT2D eigenvalue weighted by Gasteiger charge is 2.55. The Morgan fingerprint density at radius 3 is 2.71 bits per heavy atom. The molecule has 3 N–H and O–H groups in total. The van der Waals surface area contributed by atoms with Gasteiger partial charge < -0.3 is 39.0 Å². The first kappa shape index (κ1) is 43.6. The normalized spacial score (nSPS) is 28.6. The first-order chi connectivity index (χ1) is 30.7. The van der Waals surface area contributed by atoms with Gasteiger partial charge in [0, 0.05) is 74.6 Å². The van der Waals surface area contributed by atoms with Crippen molar-refractivity contribution >= 4 is 29.7 Å². The van der Waals surface area contributed by atoms with E-state index in [1.807, 2.05) is 0 Å². The molecule has 2 bridgehead atoms. The van der Waals surface area contributed by atoms with Crippen molar-refractivity contribution in [2.75, 3.05) is 53.2 Å². The Balaban J connectivity index is 1.21. The highest BCUT2D eigenvalue weighted by molar-refractivity contribution is 6.11. The van der Waals surface area contributed by atoms with Crippen molar-refractivity contribution in [3.63, 3.8) is 0 Å². The van der Waals surface area contributed by atoms with Gasteiger partial charge in [-0.25, -0.2) is 4.79 Å². The third-order valence-corrected chi connectivity index (χ3v) is 14.9. The maximum absolute atomic E-state index is 14.1. The second kappa shape index (κ2) is 18.1. The number of aldehydes is 1. The molecule has 0 radical (unpaired) electrons. The lowest BCUT2D eigenvalue weighted by molar-refractivity contribution is -0.141. The molecule has 2 aromatic carbocycles. The molecule has 5 aliphatic heterocycles. The number of aliphatic hydroxyl groups is 3. The summed E-state index contributed by atoms with van der Waals surface area (Å²) in [4.78, 5) is 48.6. The van der Waals surface area contributed by atoms with Crippen LogP contribution in [0.1, 0.15) is 98.9 Å². The van der Waals surface area contributed by atoms with Gasteiger partial charge in [-0.2, -0.15) is 0 Å². The zero-order valence-electron chi connectivity index (χ0n) is 36.7. The highest BCUT2D eigenvalue weighted by Crippen LogP contribution is 2.58. The van der Waals surface area contributed by atoms with Crippen molar-refractivity contribution in [3.05, 3.63) is 79.6 Å². The highest BCUT2D eigenvalue weighted by atomic mass is 16.6. The molecule has 0 spiro atoms. The number of hydrogen-bond donors (Lipinski definition) is 3. The molecule has 1 saturated heterocycles.